The number of aromatic amines is 2. The van der Waals surface area contributed by atoms with E-state index in [1.807, 2.05) is 59.2 Å². The van der Waals surface area contributed by atoms with Gasteiger partial charge in [0.05, 0.1) is 22.4 Å². The molecule has 0 atom stereocenters. The predicted octanol–water partition coefficient (Wildman–Crippen LogP) is 6.00. The molecule has 2 aromatic heterocycles. The van der Waals surface area contributed by atoms with Crippen molar-refractivity contribution in [3.05, 3.63) is 147 Å². The smallest absolute Gasteiger partial charge is 0.326 e. The average molecular weight is 653 g/mol. The molecule has 3 heterocycles. The molecule has 6 aromatic rings. The monoisotopic (exact) mass is 652 g/mol. The quantitative estimate of drug-likeness (QED) is 0.141. The minimum Gasteiger partial charge on any atom is -0.508 e. The molecule has 1 amide bonds. The first-order valence-corrected chi connectivity index (χ1v) is 16.3. The molecule has 1 aliphatic rings. The molecule has 10 nitrogen and oxygen atoms in total. The molecule has 0 saturated carbocycles. The molecule has 0 radical (unpaired) electrons. The lowest BCUT2D eigenvalue weighted by atomic mass is 10.0. The number of fused-ring (bicyclic) bond motifs is 1. The van der Waals surface area contributed by atoms with Crippen LogP contribution in [-0.4, -0.2) is 48.5 Å². The number of nitrogens with one attached hydrogen (secondary N) is 3. The molecule has 0 aliphatic carbocycles. The number of anilines is 1. The van der Waals surface area contributed by atoms with E-state index in [0.29, 0.717) is 29.2 Å². The third-order valence-corrected chi connectivity index (χ3v) is 9.08. The van der Waals surface area contributed by atoms with Gasteiger partial charge in [-0.1, -0.05) is 73.3 Å². The Bertz CT molecular complexity index is 2240. The number of likely N-dealkylation sites (tertiary alicyclic amines) is 1. The molecule has 1 aliphatic heterocycles. The first-order chi connectivity index (χ1) is 23.8. The van der Waals surface area contributed by atoms with Gasteiger partial charge in [-0.05, 0) is 60.4 Å². The van der Waals surface area contributed by atoms with Crippen LogP contribution in [0.3, 0.4) is 0 Å². The summed E-state index contributed by atoms with van der Waals surface area (Å²) in [6, 6.07) is 30.3. The highest BCUT2D eigenvalue weighted by molar-refractivity contribution is 6.00. The number of hydrogen-bond donors (Lipinski definition) is 4. The molecule has 1 fully saturated rings. The zero-order chi connectivity index (χ0) is 33.9. The number of hydrogen-bond acceptors (Lipinski definition) is 6. The van der Waals surface area contributed by atoms with Gasteiger partial charge < -0.3 is 20.4 Å². The topological polar surface area (TPSA) is 136 Å². The number of piperidine rings is 1. The number of rotatable bonds is 9. The van der Waals surface area contributed by atoms with E-state index in [1.165, 1.54) is 6.08 Å². The fourth-order valence-corrected chi connectivity index (χ4v) is 6.55. The highest BCUT2D eigenvalue weighted by Gasteiger charge is 2.24. The fraction of sp³-hybridized carbons (Fsp3) is 0.179. The SMILES string of the molecule is C=CC(=O)Nc1ccc2[nH]c(=O)n(C3CCN(Cc4ccc(-c5nc(Cc6ccc(O)cc6)c(=O)[nH]c5-c5ccccc5)cc4)CC3)c2c1. The number of aromatic nitrogens is 4. The largest absolute Gasteiger partial charge is 0.508 e. The van der Waals surface area contributed by atoms with Crippen molar-refractivity contribution in [3.8, 4) is 28.3 Å². The van der Waals surface area contributed by atoms with Gasteiger partial charge in [-0.15, -0.1) is 0 Å². The second-order valence-corrected chi connectivity index (χ2v) is 12.4. The summed E-state index contributed by atoms with van der Waals surface area (Å²) >= 11 is 0. The molecule has 0 unspecified atom stereocenters. The molecular weight excluding hydrogens is 616 g/mol. The van der Waals surface area contributed by atoms with Gasteiger partial charge in [0.25, 0.3) is 5.56 Å². The third-order valence-electron chi connectivity index (χ3n) is 9.08. The Labute approximate surface area is 282 Å². The van der Waals surface area contributed by atoms with Crippen LogP contribution in [0.1, 0.15) is 35.7 Å². The number of imidazole rings is 1. The van der Waals surface area contributed by atoms with Crippen molar-refractivity contribution in [3.63, 3.8) is 0 Å². The molecule has 1 saturated heterocycles. The van der Waals surface area contributed by atoms with Crippen molar-refractivity contribution >= 4 is 22.6 Å². The van der Waals surface area contributed by atoms with Gasteiger partial charge in [0.1, 0.15) is 11.4 Å². The van der Waals surface area contributed by atoms with Crippen LogP contribution in [0, 0.1) is 0 Å². The van der Waals surface area contributed by atoms with Crippen LogP contribution in [0.25, 0.3) is 33.5 Å². The van der Waals surface area contributed by atoms with E-state index in [9.17, 15) is 19.5 Å². The third kappa shape index (κ3) is 6.86. The second-order valence-electron chi connectivity index (χ2n) is 12.4. The molecule has 0 spiro atoms. The summed E-state index contributed by atoms with van der Waals surface area (Å²) in [4.78, 5) is 51.3. The maximum atomic E-state index is 13.2. The van der Waals surface area contributed by atoms with E-state index in [0.717, 1.165) is 65.8 Å². The molecule has 10 heteroatoms. The van der Waals surface area contributed by atoms with E-state index in [2.05, 4.69) is 38.9 Å². The van der Waals surface area contributed by atoms with Crippen LogP contribution in [0.5, 0.6) is 5.75 Å². The first kappa shape index (κ1) is 31.6. The van der Waals surface area contributed by atoms with E-state index < -0.39 is 0 Å². The van der Waals surface area contributed by atoms with Gasteiger partial charge in [-0.3, -0.25) is 19.1 Å². The van der Waals surface area contributed by atoms with Crippen molar-refractivity contribution in [1.82, 2.24) is 24.4 Å². The molecule has 7 rings (SSSR count). The lowest BCUT2D eigenvalue weighted by Gasteiger charge is -2.32. The summed E-state index contributed by atoms with van der Waals surface area (Å²) < 4.78 is 1.82. The summed E-state index contributed by atoms with van der Waals surface area (Å²) in [6.45, 7) is 5.94. The Morgan fingerprint density at radius 1 is 0.898 bits per heavy atom. The Morgan fingerprint density at radius 3 is 2.33 bits per heavy atom. The number of aromatic hydroxyl groups is 1. The lowest BCUT2D eigenvalue weighted by molar-refractivity contribution is -0.111. The molecule has 0 bridgehead atoms. The number of nitrogens with zero attached hydrogens (tertiary/aromatic N) is 3. The van der Waals surface area contributed by atoms with E-state index in [-0.39, 0.29) is 28.9 Å². The number of phenolic OH excluding ortho intramolecular Hbond substituents is 1. The number of carbonyl (C=O) groups excluding carboxylic acids is 1. The van der Waals surface area contributed by atoms with Crippen molar-refractivity contribution in [2.45, 2.75) is 31.8 Å². The Kier molecular flexibility index (Phi) is 8.78. The van der Waals surface area contributed by atoms with Crippen molar-refractivity contribution in [1.29, 1.82) is 0 Å². The highest BCUT2D eigenvalue weighted by atomic mass is 16.3. The number of carbonyl (C=O) groups is 1. The number of amides is 1. The summed E-state index contributed by atoms with van der Waals surface area (Å²) in [5.41, 5.74) is 7.31. The number of H-pyrrole nitrogens is 2. The van der Waals surface area contributed by atoms with Gasteiger partial charge in [-0.2, -0.15) is 0 Å². The minimum atomic E-state index is -0.299. The maximum Gasteiger partial charge on any atom is 0.326 e. The van der Waals surface area contributed by atoms with Crippen molar-refractivity contribution in [2.24, 2.45) is 0 Å². The van der Waals surface area contributed by atoms with E-state index >= 15 is 0 Å². The number of phenols is 1. The normalized spacial score (nSPS) is 13.8. The molecule has 4 N–H and O–H groups in total. The summed E-state index contributed by atoms with van der Waals surface area (Å²) in [5, 5.41) is 12.5. The zero-order valence-corrected chi connectivity index (χ0v) is 26.9. The van der Waals surface area contributed by atoms with Crippen LogP contribution in [0.15, 0.2) is 119 Å². The lowest BCUT2D eigenvalue weighted by Crippen LogP contribution is -2.36. The first-order valence-electron chi connectivity index (χ1n) is 16.3. The van der Waals surface area contributed by atoms with Crippen LogP contribution < -0.4 is 16.6 Å². The van der Waals surface area contributed by atoms with Gasteiger partial charge >= 0.3 is 5.69 Å². The van der Waals surface area contributed by atoms with Gasteiger partial charge in [-0.25, -0.2) is 9.78 Å². The Morgan fingerprint density at radius 2 is 1.61 bits per heavy atom. The molecule has 4 aromatic carbocycles. The maximum absolute atomic E-state index is 13.2. The van der Waals surface area contributed by atoms with E-state index in [4.69, 9.17) is 4.98 Å². The number of benzene rings is 4. The summed E-state index contributed by atoms with van der Waals surface area (Å²) in [5.74, 6) is -0.127. The molecular formula is C39H36N6O4. The standard InChI is InChI=1S/C39H36N6O4/c1-2-35(47)40-29-14-17-32-34(23-29)45(39(49)42-32)30-18-20-44(21-19-30)24-26-8-12-28(13-9-26)36-37(27-6-4-3-5-7-27)43-38(48)33(41-36)22-25-10-15-31(46)16-11-25/h2-17,23,30,46H,1,18-22,24H2,(H,40,47)(H,42,49)(H,43,48). The van der Waals surface area contributed by atoms with Gasteiger partial charge in [0, 0.05) is 48.9 Å². The minimum absolute atomic E-state index is 0.0451. The second kappa shape index (κ2) is 13.6. The van der Waals surface area contributed by atoms with Crippen molar-refractivity contribution in [2.75, 3.05) is 18.4 Å². The highest BCUT2D eigenvalue weighted by Crippen LogP contribution is 2.30. The van der Waals surface area contributed by atoms with Gasteiger partial charge in [0.2, 0.25) is 5.91 Å². The molecule has 246 valence electrons. The predicted molar refractivity (Wildman–Crippen MR) is 192 cm³/mol. The zero-order valence-electron chi connectivity index (χ0n) is 26.9. The Hall–Kier alpha value is -6.00. The summed E-state index contributed by atoms with van der Waals surface area (Å²) in [6.07, 6.45) is 3.19. The van der Waals surface area contributed by atoms with Crippen LogP contribution in [0.4, 0.5) is 5.69 Å². The van der Waals surface area contributed by atoms with Crippen LogP contribution in [-0.2, 0) is 17.8 Å². The van der Waals surface area contributed by atoms with E-state index in [1.54, 1.807) is 30.3 Å². The Balaban J connectivity index is 1.08. The average Bonchev–Trinajstić information content (AvgIpc) is 3.45. The van der Waals surface area contributed by atoms with Crippen LogP contribution in [0.2, 0.25) is 0 Å². The summed E-state index contributed by atoms with van der Waals surface area (Å²) in [7, 11) is 0. The van der Waals surface area contributed by atoms with Crippen molar-refractivity contribution < 1.29 is 9.90 Å². The molecule has 49 heavy (non-hydrogen) atoms. The van der Waals surface area contributed by atoms with Gasteiger partial charge in [0.15, 0.2) is 0 Å². The van der Waals surface area contributed by atoms with Crippen LogP contribution >= 0.6 is 0 Å². The fourth-order valence-electron chi connectivity index (χ4n) is 6.55.